The van der Waals surface area contributed by atoms with Gasteiger partial charge in [-0.15, -0.1) is 0 Å². The Morgan fingerprint density at radius 3 is 1.43 bits per heavy atom. The molecule has 0 atom stereocenters. The normalized spacial score (nSPS) is 16.2. The van der Waals surface area contributed by atoms with Gasteiger partial charge in [0.15, 0.2) is 0 Å². The molecule has 0 bridgehead atoms. The first kappa shape index (κ1) is 21.0. The molecule has 0 fully saturated rings. The summed E-state index contributed by atoms with van der Waals surface area (Å²) in [6.07, 6.45) is 0.695. The predicted molar refractivity (Wildman–Crippen MR) is 117 cm³/mol. The molecular weight excluding hydrogens is 367 g/mol. The van der Waals surface area contributed by atoms with Crippen LogP contribution in [-0.2, 0) is 21.8 Å². The predicted octanol–water partition coefficient (Wildman–Crippen LogP) is 7.08. The van der Waals surface area contributed by atoms with Crippen molar-refractivity contribution < 1.29 is 13.6 Å². The monoisotopic (exact) mass is 400 g/mol. The Kier molecular flexibility index (Phi) is 4.99. The van der Waals surface area contributed by atoms with E-state index in [1.54, 1.807) is 6.66 Å². The van der Waals surface area contributed by atoms with Crippen molar-refractivity contribution in [3.63, 3.8) is 0 Å². The maximum atomic E-state index is 13.4. The maximum absolute atomic E-state index is 13.4. The molecule has 152 valence electrons. The third-order valence-corrected chi connectivity index (χ3v) is 6.16. The minimum absolute atomic E-state index is 0.124. The van der Waals surface area contributed by atoms with E-state index in [1.807, 2.05) is 0 Å². The maximum Gasteiger partial charge on any atom is 0.427 e. The lowest BCUT2D eigenvalue weighted by molar-refractivity contribution is 0.375. The molecule has 3 nitrogen and oxygen atoms in total. The second-order valence-corrected chi connectivity index (χ2v) is 12.1. The second-order valence-electron chi connectivity index (χ2n) is 10.2. The van der Waals surface area contributed by atoms with Gasteiger partial charge in [-0.25, -0.2) is 4.57 Å². The van der Waals surface area contributed by atoms with Gasteiger partial charge in [-0.05, 0) is 35.8 Å². The molecule has 0 N–H and O–H groups in total. The molecule has 0 unspecified atom stereocenters. The standard InChI is InChI=1S/C24H33O3P/c1-15-10-17-14-18-11-16(2)13-20(24(6,7)8)22(18)27-28(9,25)26-21(17)19(12-15)23(3,4)5/h10-13H,14H2,1-9H3. The summed E-state index contributed by atoms with van der Waals surface area (Å²) in [7, 11) is -3.35. The highest BCUT2D eigenvalue weighted by Gasteiger charge is 2.34. The third-order valence-electron chi connectivity index (χ3n) is 5.13. The summed E-state index contributed by atoms with van der Waals surface area (Å²) < 4.78 is 25.7. The van der Waals surface area contributed by atoms with E-state index in [0.717, 1.165) is 22.3 Å². The van der Waals surface area contributed by atoms with Crippen molar-refractivity contribution in [3.05, 3.63) is 57.6 Å². The summed E-state index contributed by atoms with van der Waals surface area (Å²) in [6, 6.07) is 8.58. The molecule has 28 heavy (non-hydrogen) atoms. The van der Waals surface area contributed by atoms with Gasteiger partial charge >= 0.3 is 7.60 Å². The highest BCUT2D eigenvalue weighted by atomic mass is 31.2. The van der Waals surface area contributed by atoms with E-state index < -0.39 is 7.60 Å². The fourth-order valence-corrected chi connectivity index (χ4v) is 4.98. The Morgan fingerprint density at radius 2 is 1.11 bits per heavy atom. The zero-order valence-electron chi connectivity index (χ0n) is 18.7. The van der Waals surface area contributed by atoms with Crippen LogP contribution < -0.4 is 9.05 Å². The van der Waals surface area contributed by atoms with Crippen molar-refractivity contribution in [1.29, 1.82) is 0 Å². The number of fused-ring (bicyclic) bond motifs is 2. The molecule has 2 aromatic carbocycles. The summed E-state index contributed by atoms with van der Waals surface area (Å²) in [4.78, 5) is 0. The van der Waals surface area contributed by atoms with Gasteiger partial charge < -0.3 is 9.05 Å². The molecule has 2 aromatic rings. The summed E-state index contributed by atoms with van der Waals surface area (Å²) in [6.45, 7) is 18.7. The molecule has 3 rings (SSSR count). The highest BCUT2D eigenvalue weighted by molar-refractivity contribution is 7.53. The molecule has 4 heteroatoms. The fourth-order valence-electron chi connectivity index (χ4n) is 3.84. The highest BCUT2D eigenvalue weighted by Crippen LogP contribution is 2.54. The summed E-state index contributed by atoms with van der Waals surface area (Å²) in [5.74, 6) is 1.43. The van der Waals surface area contributed by atoms with Gasteiger partial charge in [0.25, 0.3) is 0 Å². The van der Waals surface area contributed by atoms with Crippen molar-refractivity contribution in [2.45, 2.75) is 72.6 Å². The van der Waals surface area contributed by atoms with Crippen molar-refractivity contribution in [1.82, 2.24) is 0 Å². The van der Waals surface area contributed by atoms with Crippen LogP contribution in [-0.4, -0.2) is 6.66 Å². The Balaban J connectivity index is 2.33. The van der Waals surface area contributed by atoms with Crippen molar-refractivity contribution >= 4 is 7.60 Å². The molecule has 1 aliphatic heterocycles. The first-order chi connectivity index (χ1) is 12.7. The topological polar surface area (TPSA) is 35.5 Å². The molecule has 1 aliphatic rings. The summed E-state index contributed by atoms with van der Waals surface area (Å²) in [5.41, 5.74) is 6.40. The third kappa shape index (κ3) is 4.15. The molecule has 0 aromatic heterocycles. The molecule has 0 amide bonds. The van der Waals surface area contributed by atoms with Crippen LogP contribution in [0.4, 0.5) is 0 Å². The zero-order chi connectivity index (χ0) is 21.1. The zero-order valence-corrected chi connectivity index (χ0v) is 19.6. The first-order valence-corrected chi connectivity index (χ1v) is 11.9. The fraction of sp³-hybridized carbons (Fsp3) is 0.500. The molecule has 0 saturated carbocycles. The molecule has 1 heterocycles. The Hall–Kier alpha value is -1.73. The summed E-state index contributed by atoms with van der Waals surface area (Å²) >= 11 is 0. The van der Waals surface area contributed by atoms with Gasteiger partial charge in [-0.2, -0.15) is 0 Å². The quantitative estimate of drug-likeness (QED) is 0.443. The van der Waals surface area contributed by atoms with E-state index in [9.17, 15) is 4.57 Å². The smallest absolute Gasteiger partial charge is 0.416 e. The molecule has 0 radical (unpaired) electrons. The van der Waals surface area contributed by atoms with Crippen LogP contribution >= 0.6 is 7.60 Å². The Morgan fingerprint density at radius 1 is 0.750 bits per heavy atom. The van der Waals surface area contributed by atoms with Crippen LogP contribution in [0.3, 0.4) is 0 Å². The van der Waals surface area contributed by atoms with Gasteiger partial charge in [0.05, 0.1) is 6.66 Å². The molecule has 0 aliphatic carbocycles. The lowest BCUT2D eigenvalue weighted by atomic mass is 9.81. The van der Waals surface area contributed by atoms with Crippen LogP contribution in [0.5, 0.6) is 11.5 Å². The average molecular weight is 400 g/mol. The van der Waals surface area contributed by atoms with E-state index in [4.69, 9.17) is 9.05 Å². The van der Waals surface area contributed by atoms with E-state index in [-0.39, 0.29) is 10.8 Å². The summed E-state index contributed by atoms with van der Waals surface area (Å²) in [5, 5.41) is 0. The van der Waals surface area contributed by atoms with Crippen molar-refractivity contribution in [3.8, 4) is 11.5 Å². The van der Waals surface area contributed by atoms with Crippen molar-refractivity contribution in [2.24, 2.45) is 0 Å². The van der Waals surface area contributed by atoms with Gasteiger partial charge in [0.1, 0.15) is 11.5 Å². The van der Waals surface area contributed by atoms with Crippen LogP contribution in [0, 0.1) is 13.8 Å². The van der Waals surface area contributed by atoms with Gasteiger partial charge in [0.2, 0.25) is 0 Å². The number of rotatable bonds is 0. The largest absolute Gasteiger partial charge is 0.427 e. The van der Waals surface area contributed by atoms with Crippen LogP contribution in [0.15, 0.2) is 24.3 Å². The lowest BCUT2D eigenvalue weighted by Crippen LogP contribution is -2.19. The van der Waals surface area contributed by atoms with Crippen LogP contribution in [0.25, 0.3) is 0 Å². The Labute approximate surface area is 170 Å². The lowest BCUT2D eigenvalue weighted by Gasteiger charge is -2.32. The van der Waals surface area contributed by atoms with E-state index in [0.29, 0.717) is 17.9 Å². The van der Waals surface area contributed by atoms with Crippen LogP contribution in [0.2, 0.25) is 0 Å². The number of benzene rings is 2. The second kappa shape index (κ2) is 6.66. The molecule has 0 saturated heterocycles. The number of hydrogen-bond donors (Lipinski definition) is 0. The minimum atomic E-state index is -3.35. The molecule has 0 spiro atoms. The first-order valence-electron chi connectivity index (χ1n) is 9.92. The van der Waals surface area contributed by atoms with E-state index in [1.165, 1.54) is 11.1 Å². The van der Waals surface area contributed by atoms with E-state index >= 15 is 0 Å². The van der Waals surface area contributed by atoms with Crippen LogP contribution in [0.1, 0.15) is 74.9 Å². The minimum Gasteiger partial charge on any atom is -0.416 e. The van der Waals surface area contributed by atoms with Gasteiger partial charge in [-0.1, -0.05) is 76.9 Å². The number of hydrogen-bond acceptors (Lipinski definition) is 3. The Bertz CT molecular complexity index is 899. The average Bonchev–Trinajstić information content (AvgIpc) is 2.48. The number of aryl methyl sites for hydroxylation is 2. The van der Waals surface area contributed by atoms with E-state index in [2.05, 4.69) is 79.7 Å². The van der Waals surface area contributed by atoms with Crippen molar-refractivity contribution in [2.75, 3.05) is 6.66 Å². The van der Waals surface area contributed by atoms with Gasteiger partial charge in [-0.3, -0.25) is 0 Å². The SMILES string of the molecule is Cc1cc2c(c(C(C)(C)C)c1)OP(C)(=O)Oc1c(cc(C)cc1C(C)(C)C)C2. The van der Waals surface area contributed by atoms with Gasteiger partial charge in [0, 0.05) is 17.5 Å². The molecular formula is C24H33O3P.